The molecule has 0 atom stereocenters. The molecule has 1 aliphatic heterocycles. The summed E-state index contributed by atoms with van der Waals surface area (Å²) in [5.41, 5.74) is 0. The van der Waals surface area contributed by atoms with Crippen molar-refractivity contribution in [3.63, 3.8) is 0 Å². The van der Waals surface area contributed by atoms with E-state index in [1.807, 2.05) is 0 Å². The summed E-state index contributed by atoms with van der Waals surface area (Å²) in [6.07, 6.45) is 0. The van der Waals surface area contributed by atoms with Crippen LogP contribution in [0.5, 0.6) is 0 Å². The lowest BCUT2D eigenvalue weighted by atomic mass is 10.8. The van der Waals surface area contributed by atoms with Crippen molar-refractivity contribution >= 4 is 11.8 Å². The molecule has 0 aromatic rings. The Labute approximate surface area is 33.8 Å². The maximum atomic E-state index is 8.15. The number of thioether (sulfide) groups is 1. The number of hydrogen-bond donors (Lipinski definition) is 2. The van der Waals surface area contributed by atoms with E-state index < -0.39 is 5.12 Å². The summed E-state index contributed by atoms with van der Waals surface area (Å²) in [7, 11) is 0. The highest BCUT2D eigenvalue weighted by molar-refractivity contribution is 8.07. The van der Waals surface area contributed by atoms with E-state index in [9.17, 15) is 0 Å². The van der Waals surface area contributed by atoms with Gasteiger partial charge in [0.25, 0.3) is 0 Å². The Bertz CT molecular complexity index is 45.6. The van der Waals surface area contributed by atoms with Crippen LogP contribution in [0.2, 0.25) is 0 Å². The van der Waals surface area contributed by atoms with Crippen molar-refractivity contribution < 1.29 is 10.2 Å². The molecule has 1 saturated heterocycles. The molecule has 0 radical (unpaired) electrons. The summed E-state index contributed by atoms with van der Waals surface area (Å²) in [5, 5.41) is 15.0. The molecule has 0 saturated carbocycles. The quantitative estimate of drug-likeness (QED) is 0.309. The van der Waals surface area contributed by atoms with E-state index in [1.54, 1.807) is 0 Å². The van der Waals surface area contributed by atoms with Gasteiger partial charge in [-0.2, -0.15) is 0 Å². The Morgan fingerprint density at radius 2 is 1.80 bits per heavy atom. The normalized spacial score (nSPS) is 30.0. The topological polar surface area (TPSA) is 40.5 Å². The summed E-state index contributed by atoms with van der Waals surface area (Å²) in [5.74, 6) is 0.479. The van der Waals surface area contributed by atoms with Crippen LogP contribution in [0, 0.1) is 0 Å². The Morgan fingerprint density at radius 3 is 1.80 bits per heavy atom. The second kappa shape index (κ2) is 0.668. The van der Waals surface area contributed by atoms with Crippen molar-refractivity contribution in [2.75, 3.05) is 5.75 Å². The highest BCUT2D eigenvalue weighted by atomic mass is 32.2. The third-order valence-corrected chi connectivity index (χ3v) is 1.21. The first kappa shape index (κ1) is 3.46. The van der Waals surface area contributed by atoms with Gasteiger partial charge in [0.05, 0.1) is 5.75 Å². The number of aliphatic hydroxyl groups is 2. The highest BCUT2D eigenvalue weighted by Gasteiger charge is 2.39. The van der Waals surface area contributed by atoms with Crippen LogP contribution in [0.25, 0.3) is 0 Å². The molecule has 1 rings (SSSR count). The average molecular weight is 92.1 g/mol. The molecule has 0 aromatic carbocycles. The van der Waals surface area contributed by atoms with Crippen molar-refractivity contribution in [3.8, 4) is 0 Å². The standard InChI is InChI=1S/C2H4O2S/c3-2(4)1-5-2/h3-4H,1H2. The molecule has 1 fully saturated rings. The van der Waals surface area contributed by atoms with E-state index in [1.165, 1.54) is 0 Å². The number of hydrogen-bond acceptors (Lipinski definition) is 3. The molecule has 0 unspecified atom stereocenters. The first-order valence-corrected chi connectivity index (χ1v) is 2.28. The zero-order chi connectivity index (χ0) is 3.91. The van der Waals surface area contributed by atoms with E-state index in [2.05, 4.69) is 0 Å². The lowest BCUT2D eigenvalue weighted by Gasteiger charge is -1.84. The van der Waals surface area contributed by atoms with E-state index in [0.717, 1.165) is 11.8 Å². The predicted molar refractivity (Wildman–Crippen MR) is 19.6 cm³/mol. The first-order chi connectivity index (χ1) is 2.21. The molecule has 0 amide bonds. The molecular formula is C2H4O2S. The van der Waals surface area contributed by atoms with Gasteiger partial charge in [-0.25, -0.2) is 0 Å². The van der Waals surface area contributed by atoms with E-state index in [4.69, 9.17) is 10.2 Å². The minimum absolute atomic E-state index is 0.479. The molecule has 2 N–H and O–H groups in total. The van der Waals surface area contributed by atoms with Crippen LogP contribution < -0.4 is 0 Å². The molecular weight excluding hydrogens is 88.1 g/mol. The second-order valence-corrected chi connectivity index (χ2v) is 2.26. The summed E-state index contributed by atoms with van der Waals surface area (Å²) in [6.45, 7) is 0. The van der Waals surface area contributed by atoms with Crippen LogP contribution in [0.1, 0.15) is 0 Å². The molecule has 0 aliphatic carbocycles. The van der Waals surface area contributed by atoms with Crippen LogP contribution in [-0.2, 0) is 0 Å². The number of rotatable bonds is 0. The fourth-order valence-electron chi connectivity index (χ4n) is 0.0645. The van der Waals surface area contributed by atoms with Crippen molar-refractivity contribution in [3.05, 3.63) is 0 Å². The molecule has 5 heavy (non-hydrogen) atoms. The van der Waals surface area contributed by atoms with Crippen LogP contribution in [0.3, 0.4) is 0 Å². The minimum Gasteiger partial charge on any atom is -0.357 e. The zero-order valence-corrected chi connectivity index (χ0v) is 3.33. The molecule has 0 aromatic heterocycles. The Morgan fingerprint density at radius 1 is 1.60 bits per heavy atom. The van der Waals surface area contributed by atoms with Crippen LogP contribution in [0.15, 0.2) is 0 Å². The fraction of sp³-hybridized carbons (Fsp3) is 1.00. The van der Waals surface area contributed by atoms with E-state index >= 15 is 0 Å². The summed E-state index contributed by atoms with van der Waals surface area (Å²) < 4.78 is 0. The van der Waals surface area contributed by atoms with E-state index in [-0.39, 0.29) is 0 Å². The van der Waals surface area contributed by atoms with Gasteiger partial charge in [0, 0.05) is 0 Å². The third kappa shape index (κ3) is 0.792. The maximum Gasteiger partial charge on any atom is 0.222 e. The minimum atomic E-state index is -1.33. The van der Waals surface area contributed by atoms with Gasteiger partial charge < -0.3 is 10.2 Å². The molecule has 2 nitrogen and oxygen atoms in total. The Hall–Kier alpha value is 0.270. The average Bonchev–Trinajstić information content (AvgIpc) is 1.76. The van der Waals surface area contributed by atoms with Gasteiger partial charge >= 0.3 is 0 Å². The molecule has 30 valence electrons. The molecule has 0 spiro atoms. The largest absolute Gasteiger partial charge is 0.357 e. The van der Waals surface area contributed by atoms with Crippen molar-refractivity contribution in [2.24, 2.45) is 0 Å². The monoisotopic (exact) mass is 92.0 g/mol. The van der Waals surface area contributed by atoms with Gasteiger partial charge in [-0.1, -0.05) is 11.8 Å². The molecule has 1 aliphatic rings. The van der Waals surface area contributed by atoms with Gasteiger partial charge in [0.15, 0.2) is 0 Å². The van der Waals surface area contributed by atoms with Gasteiger partial charge in [0.1, 0.15) is 0 Å². The summed E-state index contributed by atoms with van der Waals surface area (Å²) in [6, 6.07) is 0. The zero-order valence-electron chi connectivity index (χ0n) is 2.51. The third-order valence-electron chi connectivity index (χ3n) is 0.403. The van der Waals surface area contributed by atoms with Crippen LogP contribution in [0.4, 0.5) is 0 Å². The SMILES string of the molecule is OC1(O)CS1. The van der Waals surface area contributed by atoms with Crippen molar-refractivity contribution in [1.82, 2.24) is 0 Å². The Kier molecular flexibility index (Phi) is 0.462. The van der Waals surface area contributed by atoms with Gasteiger partial charge in [-0.3, -0.25) is 0 Å². The van der Waals surface area contributed by atoms with Crippen LogP contribution >= 0.6 is 11.8 Å². The van der Waals surface area contributed by atoms with Gasteiger partial charge in [-0.15, -0.1) is 0 Å². The van der Waals surface area contributed by atoms with Crippen molar-refractivity contribution in [1.29, 1.82) is 0 Å². The summed E-state index contributed by atoms with van der Waals surface area (Å²) >= 11 is 1.14. The second-order valence-electron chi connectivity index (χ2n) is 1.03. The highest BCUT2D eigenvalue weighted by Crippen LogP contribution is 2.37. The summed E-state index contributed by atoms with van der Waals surface area (Å²) in [4.78, 5) is 0. The predicted octanol–water partition coefficient (Wildman–Crippen LogP) is -0.628. The van der Waals surface area contributed by atoms with Gasteiger partial charge in [0.2, 0.25) is 5.12 Å². The lowest BCUT2D eigenvalue weighted by Crippen LogP contribution is -2.01. The van der Waals surface area contributed by atoms with Crippen LogP contribution in [-0.4, -0.2) is 21.1 Å². The maximum absolute atomic E-state index is 8.15. The smallest absolute Gasteiger partial charge is 0.222 e. The molecule has 1 heterocycles. The Balaban J connectivity index is 2.38. The molecule has 0 bridgehead atoms. The first-order valence-electron chi connectivity index (χ1n) is 1.29. The molecule has 3 heteroatoms. The fourth-order valence-corrected chi connectivity index (χ4v) is 0.194. The van der Waals surface area contributed by atoms with Gasteiger partial charge in [-0.05, 0) is 0 Å². The van der Waals surface area contributed by atoms with Crippen molar-refractivity contribution in [2.45, 2.75) is 5.12 Å². The lowest BCUT2D eigenvalue weighted by molar-refractivity contribution is -0.0281. The van der Waals surface area contributed by atoms with E-state index in [0.29, 0.717) is 5.75 Å².